The summed E-state index contributed by atoms with van der Waals surface area (Å²) in [6.07, 6.45) is -3.59. The minimum atomic E-state index is -4.21. The van der Waals surface area contributed by atoms with Crippen molar-refractivity contribution in [3.63, 3.8) is 0 Å². The lowest BCUT2D eigenvalue weighted by Crippen LogP contribution is -2.15. The van der Waals surface area contributed by atoms with Crippen LogP contribution in [0, 0.1) is 17.3 Å². The number of hydrogen-bond acceptors (Lipinski definition) is 4. The van der Waals surface area contributed by atoms with E-state index in [9.17, 15) is 13.2 Å². The van der Waals surface area contributed by atoms with Crippen molar-refractivity contribution in [2.45, 2.75) is 33.4 Å². The van der Waals surface area contributed by atoms with Gasteiger partial charge in [-0.05, 0) is 56.2 Å². The molecule has 1 aromatic carbocycles. The summed E-state index contributed by atoms with van der Waals surface area (Å²) in [6.45, 7) is 5.81. The van der Waals surface area contributed by atoms with Crippen molar-refractivity contribution in [3.05, 3.63) is 36.0 Å². The number of nitrogens with one attached hydrogen (secondary N) is 2. The van der Waals surface area contributed by atoms with Crippen molar-refractivity contribution >= 4 is 22.5 Å². The van der Waals surface area contributed by atoms with Gasteiger partial charge in [-0.3, -0.25) is 5.10 Å². The van der Waals surface area contributed by atoms with Crippen molar-refractivity contribution in [2.24, 2.45) is 5.41 Å². The largest absolute Gasteiger partial charge is 0.390 e. The van der Waals surface area contributed by atoms with Crippen LogP contribution in [-0.2, 0) is 0 Å². The molecule has 0 amide bonds. The van der Waals surface area contributed by atoms with E-state index in [0.29, 0.717) is 11.6 Å². The van der Waals surface area contributed by atoms with Gasteiger partial charge in [-0.1, -0.05) is 11.8 Å². The number of nitrogens with zero attached hydrogens (tertiary/aromatic N) is 2. The smallest absolute Gasteiger partial charge is 0.382 e. The van der Waals surface area contributed by atoms with Gasteiger partial charge in [-0.2, -0.15) is 18.3 Å². The third kappa shape index (κ3) is 5.41. The topological polar surface area (TPSA) is 79.6 Å². The molecule has 0 atom stereocenters. The molecule has 8 heteroatoms. The number of anilines is 2. The van der Waals surface area contributed by atoms with Crippen LogP contribution in [0.1, 0.15) is 32.8 Å². The third-order valence-electron chi connectivity index (χ3n) is 4.08. The average molecular weight is 401 g/mol. The van der Waals surface area contributed by atoms with E-state index < -0.39 is 12.6 Å². The predicted molar refractivity (Wildman–Crippen MR) is 109 cm³/mol. The second-order valence-electron chi connectivity index (χ2n) is 7.78. The number of aromatic amines is 1. The number of hydrogen-bond donors (Lipinski definition) is 3. The summed E-state index contributed by atoms with van der Waals surface area (Å²) in [5, 5.41) is 10.4. The third-order valence-corrected chi connectivity index (χ3v) is 4.08. The van der Waals surface area contributed by atoms with E-state index in [2.05, 4.69) is 32.3 Å². The highest BCUT2D eigenvalue weighted by Gasteiger charge is 2.26. The molecule has 3 rings (SSSR count). The Morgan fingerprint density at radius 1 is 1.14 bits per heavy atom. The number of pyridine rings is 1. The molecule has 0 saturated carbocycles. The van der Waals surface area contributed by atoms with Gasteiger partial charge in [0, 0.05) is 23.5 Å². The number of alkyl halides is 3. The number of fused-ring (bicyclic) bond motifs is 1. The van der Waals surface area contributed by atoms with E-state index in [-0.39, 0.29) is 12.0 Å². The van der Waals surface area contributed by atoms with Crippen LogP contribution >= 0.6 is 0 Å². The van der Waals surface area contributed by atoms with E-state index in [1.807, 2.05) is 32.9 Å². The van der Waals surface area contributed by atoms with Crippen molar-refractivity contribution in [1.29, 1.82) is 0 Å². The molecular weight excluding hydrogens is 379 g/mol. The second-order valence-corrected chi connectivity index (χ2v) is 7.78. The van der Waals surface area contributed by atoms with Crippen LogP contribution in [0.15, 0.2) is 30.5 Å². The summed E-state index contributed by atoms with van der Waals surface area (Å²) in [4.78, 5) is 4.10. The number of rotatable bonds is 4. The van der Waals surface area contributed by atoms with Gasteiger partial charge >= 0.3 is 6.18 Å². The summed E-state index contributed by atoms with van der Waals surface area (Å²) in [5.74, 6) is 7.11. The maximum Gasteiger partial charge on any atom is 0.390 e. The van der Waals surface area contributed by atoms with Crippen molar-refractivity contribution in [3.8, 4) is 23.0 Å². The summed E-state index contributed by atoms with van der Waals surface area (Å²) in [7, 11) is 0. The lowest BCUT2D eigenvalue weighted by atomic mass is 9.96. The molecule has 0 fully saturated rings. The summed E-state index contributed by atoms with van der Waals surface area (Å²) in [5.41, 5.74) is 8.92. The normalized spacial score (nSPS) is 11.9. The maximum absolute atomic E-state index is 12.4. The standard InChI is InChI=1S/C21H22F3N5/c1-20(2,3)6-4-14-10-15(11-16-18(14)28-29-19(16)25)13-5-8-26-17(12-13)27-9-7-21(22,23)24/h5,8,10-12H,7,9H2,1-3H3,(H,26,27)(H3,25,28,29). The number of nitrogens with two attached hydrogens (primary N) is 1. The number of benzene rings is 1. The second kappa shape index (κ2) is 7.66. The monoisotopic (exact) mass is 401 g/mol. The summed E-state index contributed by atoms with van der Waals surface area (Å²) in [6, 6.07) is 7.28. The van der Waals surface area contributed by atoms with Gasteiger partial charge in [0.05, 0.1) is 17.5 Å². The fourth-order valence-corrected chi connectivity index (χ4v) is 2.70. The Balaban J connectivity index is 1.98. The first kappa shape index (κ1) is 20.5. The molecule has 2 aromatic heterocycles. The van der Waals surface area contributed by atoms with Gasteiger partial charge < -0.3 is 11.1 Å². The molecule has 0 aliphatic heterocycles. The SMILES string of the molecule is CC(C)(C)C#Cc1cc(-c2ccnc(NCCC(F)(F)F)c2)cc2c(N)n[nH]c12. The Bertz CT molecular complexity index is 1080. The Morgan fingerprint density at radius 3 is 2.59 bits per heavy atom. The van der Waals surface area contributed by atoms with Crippen LogP contribution in [0.5, 0.6) is 0 Å². The van der Waals surface area contributed by atoms with E-state index in [4.69, 9.17) is 5.73 Å². The van der Waals surface area contributed by atoms with Gasteiger partial charge in [-0.25, -0.2) is 4.98 Å². The fraction of sp³-hybridized carbons (Fsp3) is 0.333. The van der Waals surface area contributed by atoms with Crippen molar-refractivity contribution < 1.29 is 13.2 Å². The molecule has 0 saturated heterocycles. The molecule has 0 radical (unpaired) electrons. The number of halogens is 3. The molecular formula is C21H22F3N5. The van der Waals surface area contributed by atoms with E-state index in [1.165, 1.54) is 0 Å². The van der Waals surface area contributed by atoms with Gasteiger partial charge in [0.25, 0.3) is 0 Å². The first-order valence-corrected chi connectivity index (χ1v) is 9.10. The zero-order valence-corrected chi connectivity index (χ0v) is 16.4. The van der Waals surface area contributed by atoms with Crippen LogP contribution in [0.4, 0.5) is 24.8 Å². The number of aromatic nitrogens is 3. The molecule has 152 valence electrons. The first-order chi connectivity index (χ1) is 13.5. The number of H-pyrrole nitrogens is 1. The van der Waals surface area contributed by atoms with Crippen molar-refractivity contribution in [1.82, 2.24) is 15.2 Å². The first-order valence-electron chi connectivity index (χ1n) is 9.10. The lowest BCUT2D eigenvalue weighted by molar-refractivity contribution is -0.131. The lowest BCUT2D eigenvalue weighted by Gasteiger charge is -2.10. The molecule has 0 aliphatic carbocycles. The van der Waals surface area contributed by atoms with E-state index >= 15 is 0 Å². The van der Waals surface area contributed by atoms with E-state index in [0.717, 1.165) is 27.6 Å². The molecule has 0 bridgehead atoms. The average Bonchev–Trinajstić information content (AvgIpc) is 2.99. The van der Waals surface area contributed by atoms with Gasteiger partial charge in [0.1, 0.15) is 5.82 Å². The Morgan fingerprint density at radius 2 is 1.90 bits per heavy atom. The highest BCUT2D eigenvalue weighted by Crippen LogP contribution is 2.30. The van der Waals surface area contributed by atoms with E-state index in [1.54, 1.807) is 18.3 Å². The highest BCUT2D eigenvalue weighted by atomic mass is 19.4. The molecule has 0 aliphatic rings. The molecule has 4 N–H and O–H groups in total. The van der Waals surface area contributed by atoms with Crippen LogP contribution in [0.25, 0.3) is 22.0 Å². The zero-order valence-electron chi connectivity index (χ0n) is 16.4. The molecule has 0 spiro atoms. The Labute approximate surface area is 166 Å². The summed E-state index contributed by atoms with van der Waals surface area (Å²) < 4.78 is 37.1. The minimum Gasteiger partial charge on any atom is -0.382 e. The minimum absolute atomic E-state index is 0.180. The maximum atomic E-state index is 12.4. The quantitative estimate of drug-likeness (QED) is 0.540. The van der Waals surface area contributed by atoms with Gasteiger partial charge in [0.15, 0.2) is 5.82 Å². The van der Waals surface area contributed by atoms with Crippen LogP contribution in [-0.4, -0.2) is 27.9 Å². The van der Waals surface area contributed by atoms with Crippen LogP contribution in [0.3, 0.4) is 0 Å². The fourth-order valence-electron chi connectivity index (χ4n) is 2.70. The molecule has 0 unspecified atom stereocenters. The highest BCUT2D eigenvalue weighted by molar-refractivity contribution is 5.96. The predicted octanol–water partition coefficient (Wildman–Crippen LogP) is 4.97. The van der Waals surface area contributed by atoms with Crippen LogP contribution in [0.2, 0.25) is 0 Å². The molecule has 2 heterocycles. The summed E-state index contributed by atoms with van der Waals surface area (Å²) >= 11 is 0. The molecule has 5 nitrogen and oxygen atoms in total. The molecule has 3 aromatic rings. The van der Waals surface area contributed by atoms with Gasteiger partial charge in [0.2, 0.25) is 0 Å². The van der Waals surface area contributed by atoms with Crippen LogP contribution < -0.4 is 11.1 Å². The number of nitrogen functional groups attached to an aromatic ring is 1. The van der Waals surface area contributed by atoms with Crippen molar-refractivity contribution in [2.75, 3.05) is 17.6 Å². The zero-order chi connectivity index (χ0) is 21.2. The Hall–Kier alpha value is -3.21. The Kier molecular flexibility index (Phi) is 5.42. The molecule has 29 heavy (non-hydrogen) atoms. The van der Waals surface area contributed by atoms with Gasteiger partial charge in [-0.15, -0.1) is 0 Å².